The van der Waals surface area contributed by atoms with Gasteiger partial charge in [-0.3, -0.25) is 14.5 Å². The van der Waals surface area contributed by atoms with Gasteiger partial charge in [-0.2, -0.15) is 13.2 Å². The molecule has 2 amide bonds. The van der Waals surface area contributed by atoms with Crippen LogP contribution in [0.2, 0.25) is 0 Å². The topological polar surface area (TPSA) is 87.9 Å². The lowest BCUT2D eigenvalue weighted by Gasteiger charge is -2.32. The van der Waals surface area contributed by atoms with Gasteiger partial charge in [-0.15, -0.1) is 0 Å². The maximum atomic E-state index is 13.7. The third-order valence-corrected chi connectivity index (χ3v) is 4.63. The highest BCUT2D eigenvalue weighted by Gasteiger charge is 2.37. The predicted octanol–water partition coefficient (Wildman–Crippen LogP) is 2.31. The molecular formula is C20H29F3N4O3. The van der Waals surface area contributed by atoms with Gasteiger partial charge in [0.15, 0.2) is 0 Å². The molecule has 3 N–H and O–H groups in total. The number of alkyl halides is 3. The molecule has 1 aliphatic rings. The molecule has 0 radical (unpaired) electrons. The maximum absolute atomic E-state index is 13.7. The lowest BCUT2D eigenvalue weighted by molar-refractivity contribution is -0.137. The highest BCUT2D eigenvalue weighted by atomic mass is 19.4. The second-order valence-corrected chi connectivity index (χ2v) is 8.54. The molecule has 0 aromatic heterocycles. The van der Waals surface area contributed by atoms with Gasteiger partial charge >= 0.3 is 6.18 Å². The first kappa shape index (κ1) is 24.1. The normalized spacial score (nSPS) is 16.7. The van der Waals surface area contributed by atoms with E-state index in [-0.39, 0.29) is 43.1 Å². The minimum absolute atomic E-state index is 0.0145. The van der Waals surface area contributed by atoms with Crippen molar-refractivity contribution in [1.29, 1.82) is 0 Å². The zero-order chi connectivity index (χ0) is 22.7. The van der Waals surface area contributed by atoms with Crippen LogP contribution in [0.5, 0.6) is 0 Å². The number of anilines is 2. The van der Waals surface area contributed by atoms with E-state index in [1.54, 1.807) is 11.9 Å². The Bertz CT molecular complexity index is 778. The van der Waals surface area contributed by atoms with Crippen LogP contribution in [-0.4, -0.2) is 62.7 Å². The Kier molecular flexibility index (Phi) is 7.49. The van der Waals surface area contributed by atoms with Gasteiger partial charge in [-0.1, -0.05) is 20.8 Å². The number of amides is 2. The summed E-state index contributed by atoms with van der Waals surface area (Å²) in [7, 11) is 1.75. The third-order valence-electron chi connectivity index (χ3n) is 4.63. The SMILES string of the molecule is CN(CC(C)(C)C)[C@@H](CN)C(=O)Nc1ccc(N2CCOCC2=O)c(C(F)(F)F)c1. The van der Waals surface area contributed by atoms with Crippen molar-refractivity contribution in [3.8, 4) is 0 Å². The molecule has 1 aliphatic heterocycles. The van der Waals surface area contributed by atoms with Crippen molar-refractivity contribution in [1.82, 2.24) is 4.90 Å². The van der Waals surface area contributed by atoms with Gasteiger partial charge < -0.3 is 20.7 Å². The number of ether oxygens (including phenoxy) is 1. The first-order chi connectivity index (χ1) is 13.8. The average Bonchev–Trinajstić information content (AvgIpc) is 2.60. The number of morpholine rings is 1. The lowest BCUT2D eigenvalue weighted by atomic mass is 9.95. The average molecular weight is 430 g/mol. The Morgan fingerprint density at radius 3 is 2.53 bits per heavy atom. The van der Waals surface area contributed by atoms with Gasteiger partial charge in [0.25, 0.3) is 5.91 Å². The van der Waals surface area contributed by atoms with Gasteiger partial charge in [-0.25, -0.2) is 0 Å². The van der Waals surface area contributed by atoms with Crippen molar-refractivity contribution in [3.63, 3.8) is 0 Å². The quantitative estimate of drug-likeness (QED) is 0.723. The predicted molar refractivity (Wildman–Crippen MR) is 108 cm³/mol. The van der Waals surface area contributed by atoms with Gasteiger partial charge in [0.05, 0.1) is 17.9 Å². The van der Waals surface area contributed by atoms with E-state index in [0.717, 1.165) is 11.0 Å². The van der Waals surface area contributed by atoms with Crippen LogP contribution in [-0.2, 0) is 20.5 Å². The minimum atomic E-state index is -4.70. The molecule has 30 heavy (non-hydrogen) atoms. The standard InChI is InChI=1S/C20H29F3N4O3/c1-19(2,3)12-26(4)16(10-24)18(29)25-13-5-6-15(14(9-13)20(21,22)23)27-7-8-30-11-17(27)28/h5-6,9,16H,7-8,10-12,24H2,1-4H3,(H,25,29)/t16-/m0/s1. The van der Waals surface area contributed by atoms with E-state index in [0.29, 0.717) is 6.54 Å². The van der Waals surface area contributed by atoms with E-state index in [9.17, 15) is 22.8 Å². The van der Waals surface area contributed by atoms with Crippen molar-refractivity contribution in [3.05, 3.63) is 23.8 Å². The van der Waals surface area contributed by atoms with E-state index in [1.165, 1.54) is 12.1 Å². The van der Waals surface area contributed by atoms with Gasteiger partial charge in [0.2, 0.25) is 5.91 Å². The highest BCUT2D eigenvalue weighted by molar-refractivity contribution is 5.98. The Balaban J connectivity index is 2.27. The van der Waals surface area contributed by atoms with Crippen molar-refractivity contribution >= 4 is 23.2 Å². The molecule has 0 unspecified atom stereocenters. The lowest BCUT2D eigenvalue weighted by Crippen LogP contribution is -2.49. The van der Waals surface area contributed by atoms with E-state index in [1.807, 2.05) is 20.8 Å². The fourth-order valence-corrected chi connectivity index (χ4v) is 3.42. The molecule has 0 spiro atoms. The number of hydrogen-bond acceptors (Lipinski definition) is 5. The molecule has 0 aliphatic carbocycles. The zero-order valence-corrected chi connectivity index (χ0v) is 17.7. The molecule has 1 aromatic rings. The first-order valence-electron chi connectivity index (χ1n) is 9.64. The fourth-order valence-electron chi connectivity index (χ4n) is 3.42. The summed E-state index contributed by atoms with van der Waals surface area (Å²) < 4.78 is 46.0. The first-order valence-corrected chi connectivity index (χ1v) is 9.64. The van der Waals surface area contributed by atoms with Gasteiger partial charge in [0, 0.05) is 25.3 Å². The fraction of sp³-hybridized carbons (Fsp3) is 0.600. The molecule has 1 atom stereocenters. The van der Waals surface area contributed by atoms with Crippen LogP contribution in [0.15, 0.2) is 18.2 Å². The summed E-state index contributed by atoms with van der Waals surface area (Å²) >= 11 is 0. The van der Waals surface area contributed by atoms with E-state index in [2.05, 4.69) is 5.32 Å². The Labute approximate surface area is 174 Å². The number of carbonyl (C=O) groups is 2. The molecule has 1 heterocycles. The van der Waals surface area contributed by atoms with Crippen molar-refractivity contribution in [2.45, 2.75) is 33.0 Å². The molecule has 0 bridgehead atoms. The summed E-state index contributed by atoms with van der Waals surface area (Å²) in [5.74, 6) is -1.04. The number of benzene rings is 1. The van der Waals surface area contributed by atoms with Crippen LogP contribution in [0.1, 0.15) is 26.3 Å². The van der Waals surface area contributed by atoms with E-state index >= 15 is 0 Å². The number of nitrogens with one attached hydrogen (secondary N) is 1. The number of hydrogen-bond donors (Lipinski definition) is 2. The van der Waals surface area contributed by atoms with E-state index < -0.39 is 29.6 Å². The number of likely N-dealkylation sites (N-methyl/N-ethyl adjacent to an activating group) is 1. The maximum Gasteiger partial charge on any atom is 0.418 e. The summed E-state index contributed by atoms with van der Waals surface area (Å²) in [6.45, 7) is 6.54. The number of nitrogens with two attached hydrogens (primary N) is 1. The van der Waals surface area contributed by atoms with Gasteiger partial charge in [0.1, 0.15) is 12.6 Å². The van der Waals surface area contributed by atoms with E-state index in [4.69, 9.17) is 10.5 Å². The highest BCUT2D eigenvalue weighted by Crippen LogP contribution is 2.38. The minimum Gasteiger partial charge on any atom is -0.370 e. The monoisotopic (exact) mass is 430 g/mol. The number of carbonyl (C=O) groups excluding carboxylic acids is 2. The smallest absolute Gasteiger partial charge is 0.370 e. The largest absolute Gasteiger partial charge is 0.418 e. The van der Waals surface area contributed by atoms with Crippen LogP contribution >= 0.6 is 0 Å². The second kappa shape index (κ2) is 9.32. The molecule has 2 rings (SSSR count). The number of halogens is 3. The molecule has 0 saturated carbocycles. The van der Waals surface area contributed by atoms with Crippen molar-refractivity contribution < 1.29 is 27.5 Å². The molecule has 1 aromatic carbocycles. The molecule has 7 nitrogen and oxygen atoms in total. The second-order valence-electron chi connectivity index (χ2n) is 8.54. The summed E-state index contributed by atoms with van der Waals surface area (Å²) in [5, 5.41) is 2.52. The van der Waals surface area contributed by atoms with Crippen LogP contribution in [0.4, 0.5) is 24.5 Å². The Hall–Kier alpha value is -2.17. The molecule has 168 valence electrons. The van der Waals surface area contributed by atoms with Crippen LogP contribution < -0.4 is 16.0 Å². The third kappa shape index (κ3) is 6.16. The molecule has 1 fully saturated rings. The summed E-state index contributed by atoms with van der Waals surface area (Å²) in [5.41, 5.74) is 4.39. The number of nitrogens with zero attached hydrogens (tertiary/aromatic N) is 2. The Morgan fingerprint density at radius 2 is 2.00 bits per heavy atom. The Morgan fingerprint density at radius 1 is 1.33 bits per heavy atom. The van der Waals surface area contributed by atoms with Crippen LogP contribution in [0.25, 0.3) is 0 Å². The summed E-state index contributed by atoms with van der Waals surface area (Å²) in [4.78, 5) is 27.5. The van der Waals surface area contributed by atoms with Crippen molar-refractivity contribution in [2.24, 2.45) is 11.1 Å². The van der Waals surface area contributed by atoms with Gasteiger partial charge in [-0.05, 0) is 30.7 Å². The zero-order valence-electron chi connectivity index (χ0n) is 17.7. The summed E-state index contributed by atoms with van der Waals surface area (Å²) in [6, 6.07) is 2.69. The molecule has 1 saturated heterocycles. The molecular weight excluding hydrogens is 401 g/mol. The van der Waals surface area contributed by atoms with Crippen LogP contribution in [0.3, 0.4) is 0 Å². The summed E-state index contributed by atoms with van der Waals surface area (Å²) in [6.07, 6.45) is -4.70. The molecule has 10 heteroatoms. The number of rotatable bonds is 6. The van der Waals surface area contributed by atoms with Crippen molar-refractivity contribution in [2.75, 3.05) is 50.1 Å². The van der Waals surface area contributed by atoms with Crippen LogP contribution in [0, 0.1) is 5.41 Å².